The summed E-state index contributed by atoms with van der Waals surface area (Å²) >= 11 is 0. The van der Waals surface area contributed by atoms with Crippen molar-refractivity contribution in [3.8, 4) is 0 Å². The molecule has 2 N–H and O–H groups in total. The lowest BCUT2D eigenvalue weighted by Gasteiger charge is -2.41. The predicted molar refractivity (Wildman–Crippen MR) is 99.4 cm³/mol. The van der Waals surface area contributed by atoms with Gasteiger partial charge in [-0.2, -0.15) is 10.2 Å². The third-order valence-electron chi connectivity index (χ3n) is 5.06. The molecule has 2 heterocycles. The number of carbonyl (C=O) groups is 1. The highest BCUT2D eigenvalue weighted by Gasteiger charge is 2.42. The van der Waals surface area contributed by atoms with Gasteiger partial charge in [0.15, 0.2) is 0 Å². The van der Waals surface area contributed by atoms with Crippen molar-refractivity contribution in [3.05, 3.63) is 47.8 Å². The lowest BCUT2D eigenvalue weighted by molar-refractivity contribution is -0.00590. The Morgan fingerprint density at radius 1 is 1.27 bits per heavy atom. The van der Waals surface area contributed by atoms with Gasteiger partial charge < -0.3 is 10.4 Å². The zero-order valence-corrected chi connectivity index (χ0v) is 15.0. The first-order valence-corrected chi connectivity index (χ1v) is 8.92. The number of benzene rings is 1. The maximum atomic E-state index is 12.6. The molecule has 0 saturated heterocycles. The molecule has 1 amide bonds. The van der Waals surface area contributed by atoms with E-state index in [0.29, 0.717) is 12.0 Å². The van der Waals surface area contributed by atoms with Crippen molar-refractivity contribution in [2.75, 3.05) is 11.6 Å². The summed E-state index contributed by atoms with van der Waals surface area (Å²) in [5.74, 6) is -0.136. The van der Waals surface area contributed by atoms with E-state index in [2.05, 4.69) is 15.5 Å². The van der Waals surface area contributed by atoms with E-state index in [-0.39, 0.29) is 18.0 Å². The molecule has 1 aromatic carbocycles. The van der Waals surface area contributed by atoms with Crippen molar-refractivity contribution in [1.29, 1.82) is 0 Å². The number of hydrogen-bond donors (Lipinski definition) is 2. The molecule has 0 unspecified atom stereocenters. The maximum Gasteiger partial charge on any atom is 0.251 e. The monoisotopic (exact) mass is 353 g/mol. The fourth-order valence-corrected chi connectivity index (χ4v) is 3.51. The first-order chi connectivity index (χ1) is 12.5. The largest absolute Gasteiger partial charge is 0.391 e. The summed E-state index contributed by atoms with van der Waals surface area (Å²) in [6.07, 6.45) is 4.67. The fourth-order valence-electron chi connectivity index (χ4n) is 3.51. The van der Waals surface area contributed by atoms with Gasteiger partial charge in [0, 0.05) is 30.4 Å². The standard InChI is InChI=1S/C19H23N5O2/c1-12-10-20-24(11-12)18-16(9-17(18)25)21-19(26)14-3-5-15(6-4-14)23-8-7-13(2)22-23/h3-6,10-11,16-18,25H,7-9H2,1-2H3,(H,21,26)/t16-,17+,18+/m0/s1. The van der Waals surface area contributed by atoms with E-state index in [1.165, 1.54) is 0 Å². The van der Waals surface area contributed by atoms with Crippen molar-refractivity contribution in [1.82, 2.24) is 15.1 Å². The normalized spacial score (nSPS) is 25.0. The molecule has 4 rings (SSSR count). The lowest BCUT2D eigenvalue weighted by Crippen LogP contribution is -2.56. The van der Waals surface area contributed by atoms with Gasteiger partial charge in [-0.05, 0) is 50.1 Å². The number of amides is 1. The Morgan fingerprint density at radius 2 is 2.04 bits per heavy atom. The van der Waals surface area contributed by atoms with Gasteiger partial charge in [0.2, 0.25) is 0 Å². The first-order valence-electron chi connectivity index (χ1n) is 8.92. The van der Waals surface area contributed by atoms with Gasteiger partial charge >= 0.3 is 0 Å². The van der Waals surface area contributed by atoms with Crippen molar-refractivity contribution in [2.45, 2.75) is 44.9 Å². The Hall–Kier alpha value is -2.67. The number of hydrogen-bond acceptors (Lipinski definition) is 5. The molecule has 1 saturated carbocycles. The Labute approximate surface area is 152 Å². The number of hydrazone groups is 1. The van der Waals surface area contributed by atoms with Crippen molar-refractivity contribution >= 4 is 17.3 Å². The van der Waals surface area contributed by atoms with E-state index >= 15 is 0 Å². The summed E-state index contributed by atoms with van der Waals surface area (Å²) in [4.78, 5) is 12.6. The number of aromatic nitrogens is 2. The number of aliphatic hydroxyl groups is 1. The maximum absolute atomic E-state index is 12.6. The van der Waals surface area contributed by atoms with Crippen molar-refractivity contribution < 1.29 is 9.90 Å². The molecule has 2 aromatic rings. The van der Waals surface area contributed by atoms with Crippen LogP contribution in [0.3, 0.4) is 0 Å². The number of rotatable bonds is 4. The number of nitrogens with zero attached hydrogens (tertiary/aromatic N) is 4. The van der Waals surface area contributed by atoms with Gasteiger partial charge in [0.05, 0.1) is 30.1 Å². The average Bonchev–Trinajstić information content (AvgIpc) is 3.23. The van der Waals surface area contributed by atoms with Crippen molar-refractivity contribution in [3.63, 3.8) is 0 Å². The van der Waals surface area contributed by atoms with Crippen LogP contribution in [0.5, 0.6) is 0 Å². The van der Waals surface area contributed by atoms with Gasteiger partial charge in [-0.1, -0.05) is 0 Å². The number of aliphatic hydroxyl groups excluding tert-OH is 1. The highest BCUT2D eigenvalue weighted by Crippen LogP contribution is 2.33. The Kier molecular flexibility index (Phi) is 4.24. The molecule has 7 nitrogen and oxygen atoms in total. The van der Waals surface area contributed by atoms with Crippen LogP contribution in [0, 0.1) is 6.92 Å². The Balaban J connectivity index is 1.42. The summed E-state index contributed by atoms with van der Waals surface area (Å²) in [6.45, 7) is 4.85. The molecule has 0 bridgehead atoms. The smallest absolute Gasteiger partial charge is 0.251 e. The van der Waals surface area contributed by atoms with E-state index in [1.54, 1.807) is 10.9 Å². The van der Waals surface area contributed by atoms with E-state index in [4.69, 9.17) is 0 Å². The predicted octanol–water partition coefficient (Wildman–Crippen LogP) is 1.88. The molecule has 1 aliphatic heterocycles. The van der Waals surface area contributed by atoms with E-state index < -0.39 is 6.10 Å². The van der Waals surface area contributed by atoms with E-state index in [1.807, 2.05) is 49.3 Å². The molecular formula is C19H23N5O2. The molecule has 1 aliphatic carbocycles. The van der Waals surface area contributed by atoms with Crippen LogP contribution in [0.2, 0.25) is 0 Å². The van der Waals surface area contributed by atoms with Gasteiger partial charge in [-0.25, -0.2) is 0 Å². The van der Waals surface area contributed by atoms with Crippen molar-refractivity contribution in [2.24, 2.45) is 5.10 Å². The molecule has 3 atom stereocenters. The average molecular weight is 353 g/mol. The topological polar surface area (TPSA) is 82.8 Å². The van der Waals surface area contributed by atoms with Gasteiger partial charge in [-0.15, -0.1) is 0 Å². The minimum atomic E-state index is -0.488. The summed E-state index contributed by atoms with van der Waals surface area (Å²) in [6, 6.07) is 7.13. The molecule has 1 aromatic heterocycles. The summed E-state index contributed by atoms with van der Waals surface area (Å²) in [7, 11) is 0. The second-order valence-electron chi connectivity index (χ2n) is 7.13. The zero-order valence-electron chi connectivity index (χ0n) is 15.0. The SMILES string of the molecule is CC1=NN(c2ccc(C(=O)N[C@H]3C[C@@H](O)[C@@H]3n3cc(C)cn3)cc2)CC1. The third kappa shape index (κ3) is 3.10. The van der Waals surface area contributed by atoms with Crippen LogP contribution in [0.25, 0.3) is 0 Å². The van der Waals surface area contributed by atoms with Crippen LogP contribution >= 0.6 is 0 Å². The van der Waals surface area contributed by atoms with Crippen LogP contribution in [-0.2, 0) is 0 Å². The number of anilines is 1. The molecule has 0 radical (unpaired) electrons. The Morgan fingerprint density at radius 3 is 2.62 bits per heavy atom. The molecule has 26 heavy (non-hydrogen) atoms. The molecular weight excluding hydrogens is 330 g/mol. The van der Waals surface area contributed by atoms with Gasteiger partial charge in [0.1, 0.15) is 0 Å². The highest BCUT2D eigenvalue weighted by atomic mass is 16.3. The zero-order chi connectivity index (χ0) is 18.3. The minimum Gasteiger partial charge on any atom is -0.391 e. The second-order valence-corrected chi connectivity index (χ2v) is 7.13. The van der Waals surface area contributed by atoms with E-state index in [0.717, 1.165) is 29.9 Å². The fraction of sp³-hybridized carbons (Fsp3) is 0.421. The van der Waals surface area contributed by atoms with Crippen LogP contribution in [-0.4, -0.2) is 45.2 Å². The summed E-state index contributed by atoms with van der Waals surface area (Å²) in [5.41, 5.74) is 3.74. The quantitative estimate of drug-likeness (QED) is 0.879. The van der Waals surface area contributed by atoms with Crippen LogP contribution in [0.4, 0.5) is 5.69 Å². The molecule has 1 fully saturated rings. The number of aryl methyl sites for hydroxylation is 1. The summed E-state index contributed by atoms with van der Waals surface area (Å²) in [5, 5.41) is 23.8. The van der Waals surface area contributed by atoms with Crippen LogP contribution in [0.1, 0.15) is 41.7 Å². The Bertz CT molecular complexity index is 842. The third-order valence-corrected chi connectivity index (χ3v) is 5.06. The second kappa shape index (κ2) is 6.57. The first kappa shape index (κ1) is 16.8. The molecule has 136 valence electrons. The van der Waals surface area contributed by atoms with E-state index in [9.17, 15) is 9.90 Å². The number of carbonyl (C=O) groups excluding carboxylic acids is 1. The molecule has 7 heteroatoms. The lowest BCUT2D eigenvalue weighted by atomic mass is 9.83. The van der Waals surface area contributed by atoms with Gasteiger partial charge in [-0.3, -0.25) is 14.5 Å². The summed E-state index contributed by atoms with van der Waals surface area (Å²) < 4.78 is 1.74. The highest BCUT2D eigenvalue weighted by molar-refractivity contribution is 5.95. The van der Waals surface area contributed by atoms with Crippen LogP contribution in [0.15, 0.2) is 41.8 Å². The van der Waals surface area contributed by atoms with Gasteiger partial charge in [0.25, 0.3) is 5.91 Å². The van der Waals surface area contributed by atoms with Crippen LogP contribution < -0.4 is 10.3 Å². The molecule has 2 aliphatic rings. The number of nitrogens with one attached hydrogen (secondary N) is 1. The molecule has 0 spiro atoms. The minimum absolute atomic E-state index is 0.123.